The Morgan fingerprint density at radius 2 is 1.81 bits per heavy atom. The van der Waals surface area contributed by atoms with Gasteiger partial charge in [-0.3, -0.25) is 19.3 Å². The van der Waals surface area contributed by atoms with E-state index in [-0.39, 0.29) is 35.5 Å². The quantitative estimate of drug-likeness (QED) is 0.671. The second-order valence-electron chi connectivity index (χ2n) is 7.04. The van der Waals surface area contributed by atoms with Crippen molar-refractivity contribution in [3.8, 4) is 0 Å². The number of anilines is 2. The van der Waals surface area contributed by atoms with Crippen molar-refractivity contribution in [3.05, 3.63) is 72.3 Å². The van der Waals surface area contributed by atoms with Gasteiger partial charge in [0, 0.05) is 11.3 Å². The lowest BCUT2D eigenvalue weighted by Crippen LogP contribution is -2.31. The lowest BCUT2D eigenvalue weighted by Gasteiger charge is -2.22. The molecule has 0 bridgehead atoms. The highest BCUT2D eigenvalue weighted by Gasteiger charge is 2.50. The van der Waals surface area contributed by atoms with Gasteiger partial charge in [0.15, 0.2) is 0 Å². The highest BCUT2D eigenvalue weighted by Crippen LogP contribution is 2.40. The van der Waals surface area contributed by atoms with E-state index >= 15 is 0 Å². The highest BCUT2D eigenvalue weighted by atomic mass is 16.2. The molecular weight excluding hydrogens is 340 g/mol. The van der Waals surface area contributed by atoms with Gasteiger partial charge in [0.2, 0.25) is 11.8 Å². The zero-order valence-electron chi connectivity index (χ0n) is 15.0. The molecule has 1 heterocycles. The van der Waals surface area contributed by atoms with E-state index in [1.54, 1.807) is 36.4 Å². The van der Waals surface area contributed by atoms with E-state index in [2.05, 4.69) is 5.32 Å². The van der Waals surface area contributed by atoms with Crippen LogP contribution in [-0.4, -0.2) is 17.7 Å². The Kier molecular flexibility index (Phi) is 4.36. The molecule has 4 rings (SSSR count). The monoisotopic (exact) mass is 360 g/mol. The number of imide groups is 1. The largest absolute Gasteiger partial charge is 0.322 e. The summed E-state index contributed by atoms with van der Waals surface area (Å²) in [6.45, 7) is 1.96. The average Bonchev–Trinajstić information content (AvgIpc) is 2.94. The number of allylic oxidation sites excluding steroid dienone is 2. The van der Waals surface area contributed by atoms with Crippen molar-refractivity contribution in [2.75, 3.05) is 10.2 Å². The number of benzene rings is 2. The average molecular weight is 360 g/mol. The number of carbonyl (C=O) groups excluding carboxylic acids is 3. The summed E-state index contributed by atoms with van der Waals surface area (Å²) in [6, 6.07) is 15.8. The molecule has 0 aromatic heterocycles. The van der Waals surface area contributed by atoms with Gasteiger partial charge < -0.3 is 5.32 Å². The van der Waals surface area contributed by atoms with E-state index in [1.165, 1.54) is 4.90 Å². The zero-order valence-corrected chi connectivity index (χ0v) is 15.0. The molecule has 1 aliphatic carbocycles. The normalized spacial score (nSPS) is 24.0. The van der Waals surface area contributed by atoms with Crippen molar-refractivity contribution in [1.29, 1.82) is 0 Å². The molecule has 2 aromatic carbocycles. The van der Waals surface area contributed by atoms with E-state index in [9.17, 15) is 14.4 Å². The summed E-state index contributed by atoms with van der Waals surface area (Å²) in [5, 5.41) is 2.82. The minimum atomic E-state index is -0.315. The minimum Gasteiger partial charge on any atom is -0.322 e. The Balaban J connectivity index is 1.60. The van der Waals surface area contributed by atoms with E-state index in [0.717, 1.165) is 0 Å². The summed E-state index contributed by atoms with van der Waals surface area (Å²) < 4.78 is 0. The number of hydrogen-bond donors (Lipinski definition) is 1. The molecule has 1 aliphatic heterocycles. The fourth-order valence-corrected chi connectivity index (χ4v) is 3.91. The van der Waals surface area contributed by atoms with Crippen molar-refractivity contribution in [2.45, 2.75) is 13.3 Å². The molecule has 0 spiro atoms. The lowest BCUT2D eigenvalue weighted by molar-refractivity contribution is -0.122. The lowest BCUT2D eigenvalue weighted by atomic mass is 9.78. The third-order valence-corrected chi connectivity index (χ3v) is 5.27. The first kappa shape index (κ1) is 17.2. The van der Waals surface area contributed by atoms with E-state index < -0.39 is 0 Å². The first-order valence-corrected chi connectivity index (χ1v) is 9.07. The Morgan fingerprint density at radius 1 is 1.04 bits per heavy atom. The summed E-state index contributed by atoms with van der Waals surface area (Å²) in [4.78, 5) is 39.5. The van der Waals surface area contributed by atoms with Crippen molar-refractivity contribution in [2.24, 2.45) is 17.8 Å². The van der Waals surface area contributed by atoms with E-state index in [1.807, 2.05) is 37.3 Å². The third kappa shape index (κ3) is 3.05. The SMILES string of the molecule is C[C@@H]1C=CC[C@@H]2C(=O)N(c3cccc(C(=O)Nc4ccccc4)c3)C(=O)[C@@H]12. The fourth-order valence-electron chi connectivity index (χ4n) is 3.91. The second-order valence-corrected chi connectivity index (χ2v) is 7.04. The molecule has 3 amide bonds. The molecule has 2 aromatic rings. The number of nitrogens with zero attached hydrogens (tertiary/aromatic N) is 1. The third-order valence-electron chi connectivity index (χ3n) is 5.27. The summed E-state index contributed by atoms with van der Waals surface area (Å²) in [7, 11) is 0. The Bertz CT molecular complexity index is 936. The first-order valence-electron chi connectivity index (χ1n) is 9.07. The van der Waals surface area contributed by atoms with Crippen LogP contribution in [0.5, 0.6) is 0 Å². The van der Waals surface area contributed by atoms with Crippen molar-refractivity contribution in [1.82, 2.24) is 0 Å². The topological polar surface area (TPSA) is 66.5 Å². The zero-order chi connectivity index (χ0) is 19.0. The molecule has 5 nitrogen and oxygen atoms in total. The van der Waals surface area contributed by atoms with Gasteiger partial charge in [-0.15, -0.1) is 0 Å². The van der Waals surface area contributed by atoms with Crippen molar-refractivity contribution in [3.63, 3.8) is 0 Å². The molecular formula is C22H20N2O3. The number of amides is 3. The molecule has 27 heavy (non-hydrogen) atoms. The number of nitrogens with one attached hydrogen (secondary N) is 1. The smallest absolute Gasteiger partial charge is 0.255 e. The van der Waals surface area contributed by atoms with Crippen molar-refractivity contribution >= 4 is 29.1 Å². The molecule has 1 fully saturated rings. The van der Waals surface area contributed by atoms with Crippen LogP contribution in [0.1, 0.15) is 23.7 Å². The van der Waals surface area contributed by atoms with Gasteiger partial charge in [0.1, 0.15) is 0 Å². The molecule has 0 saturated carbocycles. The minimum absolute atomic E-state index is 0.0368. The summed E-state index contributed by atoms with van der Waals surface area (Å²) in [5.74, 6) is -1.22. The standard InChI is InChI=1S/C22H20N2O3/c1-14-7-5-12-18-19(14)22(27)24(21(18)26)17-11-6-8-15(13-17)20(25)23-16-9-3-2-4-10-16/h2-11,13-14,18-19H,12H2,1H3,(H,23,25)/t14-,18+,19+/m1/s1. The fraction of sp³-hybridized carbons (Fsp3) is 0.227. The van der Waals surface area contributed by atoms with Gasteiger partial charge in [-0.1, -0.05) is 43.3 Å². The number of hydrogen-bond acceptors (Lipinski definition) is 3. The van der Waals surface area contributed by atoms with Gasteiger partial charge in [-0.2, -0.15) is 0 Å². The van der Waals surface area contributed by atoms with Gasteiger partial charge in [0.25, 0.3) is 5.91 Å². The Hall–Kier alpha value is -3.21. The van der Waals surface area contributed by atoms with Crippen LogP contribution < -0.4 is 10.2 Å². The second kappa shape index (κ2) is 6.83. The first-order chi connectivity index (χ1) is 13.1. The van der Waals surface area contributed by atoms with Crippen LogP contribution in [0.2, 0.25) is 0 Å². The number of para-hydroxylation sites is 1. The van der Waals surface area contributed by atoms with Gasteiger partial charge in [0.05, 0.1) is 17.5 Å². The van der Waals surface area contributed by atoms with Crippen LogP contribution in [-0.2, 0) is 9.59 Å². The van der Waals surface area contributed by atoms with Crippen LogP contribution in [0.15, 0.2) is 66.7 Å². The molecule has 136 valence electrons. The number of carbonyl (C=O) groups is 3. The molecule has 0 unspecified atom stereocenters. The Labute approximate surface area is 157 Å². The molecule has 1 saturated heterocycles. The Morgan fingerprint density at radius 3 is 2.56 bits per heavy atom. The molecule has 2 aliphatic rings. The summed E-state index contributed by atoms with van der Waals surface area (Å²) in [6.07, 6.45) is 4.56. The van der Waals surface area contributed by atoms with E-state index in [4.69, 9.17) is 0 Å². The molecule has 1 N–H and O–H groups in total. The van der Waals surface area contributed by atoms with Crippen LogP contribution >= 0.6 is 0 Å². The van der Waals surface area contributed by atoms with Crippen LogP contribution in [0.3, 0.4) is 0 Å². The van der Waals surface area contributed by atoms with Gasteiger partial charge in [-0.05, 0) is 42.7 Å². The number of fused-ring (bicyclic) bond motifs is 1. The van der Waals surface area contributed by atoms with Crippen LogP contribution in [0.4, 0.5) is 11.4 Å². The summed E-state index contributed by atoms with van der Waals surface area (Å²) >= 11 is 0. The molecule has 0 radical (unpaired) electrons. The maximum atomic E-state index is 12.9. The van der Waals surface area contributed by atoms with Crippen LogP contribution in [0, 0.1) is 17.8 Å². The van der Waals surface area contributed by atoms with Crippen LogP contribution in [0.25, 0.3) is 0 Å². The van der Waals surface area contributed by atoms with Crippen molar-refractivity contribution < 1.29 is 14.4 Å². The maximum absolute atomic E-state index is 12.9. The summed E-state index contributed by atoms with van der Waals surface area (Å²) in [5.41, 5.74) is 1.54. The van der Waals surface area contributed by atoms with Gasteiger partial charge in [-0.25, -0.2) is 0 Å². The number of rotatable bonds is 3. The predicted molar refractivity (Wildman–Crippen MR) is 103 cm³/mol. The molecule has 5 heteroatoms. The predicted octanol–water partition coefficient (Wildman–Crippen LogP) is 3.64. The maximum Gasteiger partial charge on any atom is 0.255 e. The molecule has 3 atom stereocenters. The highest BCUT2D eigenvalue weighted by molar-refractivity contribution is 6.22. The van der Waals surface area contributed by atoms with Gasteiger partial charge >= 0.3 is 0 Å². The van der Waals surface area contributed by atoms with E-state index in [0.29, 0.717) is 23.4 Å².